The van der Waals surface area contributed by atoms with Crippen LogP contribution in [0.2, 0.25) is 0 Å². The summed E-state index contributed by atoms with van der Waals surface area (Å²) in [7, 11) is -3.53. The average Bonchev–Trinajstić information content (AvgIpc) is 3.25. The zero-order chi connectivity index (χ0) is 16.7. The zero-order valence-electron chi connectivity index (χ0n) is 13.1. The molecule has 4 rings (SSSR count). The van der Waals surface area contributed by atoms with Crippen molar-refractivity contribution in [1.29, 1.82) is 0 Å². The van der Waals surface area contributed by atoms with Crippen molar-refractivity contribution in [3.05, 3.63) is 46.2 Å². The van der Waals surface area contributed by atoms with Gasteiger partial charge in [-0.3, -0.25) is 4.79 Å². The molecule has 1 fully saturated rings. The largest absolute Gasteiger partial charge is 0.326 e. The third-order valence-electron chi connectivity index (χ3n) is 4.65. The average molecular weight is 362 g/mol. The van der Waals surface area contributed by atoms with E-state index < -0.39 is 10.0 Å². The van der Waals surface area contributed by atoms with Crippen molar-refractivity contribution in [2.24, 2.45) is 0 Å². The first-order chi connectivity index (χ1) is 11.6. The minimum Gasteiger partial charge on any atom is -0.326 e. The lowest BCUT2D eigenvalue weighted by Gasteiger charge is -2.24. The normalized spacial score (nSPS) is 21.5. The van der Waals surface area contributed by atoms with E-state index in [-0.39, 0.29) is 11.9 Å². The van der Waals surface area contributed by atoms with Gasteiger partial charge in [0.2, 0.25) is 15.9 Å². The Balaban J connectivity index is 1.69. The van der Waals surface area contributed by atoms with Gasteiger partial charge in [-0.2, -0.15) is 4.31 Å². The number of benzene rings is 1. The van der Waals surface area contributed by atoms with Crippen molar-refractivity contribution in [2.75, 3.05) is 11.9 Å². The second-order valence-corrected chi connectivity index (χ2v) is 9.03. The molecule has 0 saturated carbocycles. The smallest absolute Gasteiger partial charge is 0.243 e. The van der Waals surface area contributed by atoms with Gasteiger partial charge in [-0.25, -0.2) is 8.42 Å². The van der Waals surface area contributed by atoms with Gasteiger partial charge in [-0.15, -0.1) is 11.3 Å². The topological polar surface area (TPSA) is 66.5 Å². The number of anilines is 1. The number of hydrogen-bond donors (Lipinski definition) is 1. The summed E-state index contributed by atoms with van der Waals surface area (Å²) in [5, 5.41) is 4.78. The summed E-state index contributed by atoms with van der Waals surface area (Å²) in [6.07, 6.45) is 2.72. The van der Waals surface area contributed by atoms with Gasteiger partial charge in [0.05, 0.1) is 10.9 Å². The SMILES string of the molecule is O=C1CCc2cc(S(=O)(=O)N3CCC[C@H]3c3cccs3)ccc2N1. The van der Waals surface area contributed by atoms with E-state index in [1.165, 1.54) is 0 Å². The molecule has 2 aliphatic heterocycles. The van der Waals surface area contributed by atoms with Crippen LogP contribution in [-0.2, 0) is 21.2 Å². The number of sulfonamides is 1. The number of fused-ring (bicyclic) bond motifs is 1. The molecule has 1 saturated heterocycles. The number of carbonyl (C=O) groups excluding carboxylic acids is 1. The predicted molar refractivity (Wildman–Crippen MR) is 93.6 cm³/mol. The van der Waals surface area contributed by atoms with Crippen LogP contribution in [0.1, 0.15) is 35.7 Å². The van der Waals surface area contributed by atoms with E-state index in [1.54, 1.807) is 33.8 Å². The number of nitrogens with one attached hydrogen (secondary N) is 1. The first-order valence-corrected chi connectivity index (χ1v) is 10.4. The maximum Gasteiger partial charge on any atom is 0.243 e. The molecule has 1 N–H and O–H groups in total. The molecule has 1 atom stereocenters. The highest BCUT2D eigenvalue weighted by atomic mass is 32.2. The molecule has 2 aliphatic rings. The van der Waals surface area contributed by atoms with Crippen LogP contribution >= 0.6 is 11.3 Å². The Bertz CT molecular complexity index is 875. The van der Waals surface area contributed by atoms with Crippen LogP contribution in [0.15, 0.2) is 40.6 Å². The molecule has 0 unspecified atom stereocenters. The van der Waals surface area contributed by atoms with Crippen LogP contribution < -0.4 is 5.32 Å². The van der Waals surface area contributed by atoms with Crippen molar-refractivity contribution < 1.29 is 13.2 Å². The second-order valence-electron chi connectivity index (χ2n) is 6.16. The maximum absolute atomic E-state index is 13.1. The summed E-state index contributed by atoms with van der Waals surface area (Å²) >= 11 is 1.60. The lowest BCUT2D eigenvalue weighted by molar-refractivity contribution is -0.116. The standard InChI is InChI=1S/C17H18N2O3S2/c20-17-8-5-12-11-13(6-7-14(12)18-17)24(21,22)19-9-1-3-15(19)16-4-2-10-23-16/h2,4,6-7,10-11,15H,1,3,5,8-9H2,(H,18,20)/t15-/m0/s1. The van der Waals surface area contributed by atoms with Crippen LogP contribution in [-0.4, -0.2) is 25.2 Å². The van der Waals surface area contributed by atoms with Gasteiger partial charge in [0.15, 0.2) is 0 Å². The molecular weight excluding hydrogens is 344 g/mol. The minimum absolute atomic E-state index is 0.0181. The summed E-state index contributed by atoms with van der Waals surface area (Å²) < 4.78 is 27.9. The van der Waals surface area contributed by atoms with Gasteiger partial charge < -0.3 is 5.32 Å². The Hall–Kier alpha value is -1.70. The molecule has 5 nitrogen and oxygen atoms in total. The fourth-order valence-electron chi connectivity index (χ4n) is 3.45. The Morgan fingerprint density at radius 3 is 2.88 bits per heavy atom. The van der Waals surface area contributed by atoms with E-state index in [0.717, 1.165) is 29.0 Å². The molecule has 24 heavy (non-hydrogen) atoms. The summed E-state index contributed by atoms with van der Waals surface area (Å²) in [5.41, 5.74) is 1.61. The number of amides is 1. The van der Waals surface area contributed by atoms with Crippen molar-refractivity contribution in [1.82, 2.24) is 4.31 Å². The van der Waals surface area contributed by atoms with Gasteiger partial charge in [0.25, 0.3) is 0 Å². The van der Waals surface area contributed by atoms with E-state index >= 15 is 0 Å². The first-order valence-electron chi connectivity index (χ1n) is 8.04. The molecule has 126 valence electrons. The summed E-state index contributed by atoms with van der Waals surface area (Å²) in [4.78, 5) is 12.9. The van der Waals surface area contributed by atoms with Gasteiger partial charge in [-0.1, -0.05) is 6.07 Å². The van der Waals surface area contributed by atoms with E-state index in [0.29, 0.717) is 24.3 Å². The molecule has 0 bridgehead atoms. The summed E-state index contributed by atoms with van der Waals surface area (Å²) in [6, 6.07) is 8.93. The number of hydrogen-bond acceptors (Lipinski definition) is 4. The van der Waals surface area contributed by atoms with Crippen molar-refractivity contribution in [3.8, 4) is 0 Å². The van der Waals surface area contributed by atoms with Gasteiger partial charge >= 0.3 is 0 Å². The fourth-order valence-corrected chi connectivity index (χ4v) is 6.11. The quantitative estimate of drug-likeness (QED) is 0.912. The predicted octanol–water partition coefficient (Wildman–Crippen LogP) is 3.16. The Morgan fingerprint density at radius 1 is 1.21 bits per heavy atom. The Morgan fingerprint density at radius 2 is 2.08 bits per heavy atom. The van der Waals surface area contributed by atoms with E-state index in [1.807, 2.05) is 17.5 Å². The highest BCUT2D eigenvalue weighted by Gasteiger charge is 2.37. The number of carbonyl (C=O) groups is 1. The highest BCUT2D eigenvalue weighted by Crippen LogP contribution is 2.39. The molecule has 0 aliphatic carbocycles. The highest BCUT2D eigenvalue weighted by molar-refractivity contribution is 7.89. The number of aryl methyl sites for hydroxylation is 1. The van der Waals surface area contributed by atoms with Crippen molar-refractivity contribution >= 4 is 33.0 Å². The molecule has 3 heterocycles. The second kappa shape index (κ2) is 5.98. The summed E-state index contributed by atoms with van der Waals surface area (Å²) in [6.45, 7) is 0.554. The van der Waals surface area contributed by atoms with Gasteiger partial charge in [0, 0.05) is 23.5 Å². The van der Waals surface area contributed by atoms with Crippen molar-refractivity contribution in [2.45, 2.75) is 36.6 Å². The Kier molecular flexibility index (Phi) is 3.94. The minimum atomic E-state index is -3.53. The van der Waals surface area contributed by atoms with E-state index in [4.69, 9.17) is 0 Å². The van der Waals surface area contributed by atoms with Gasteiger partial charge in [-0.05, 0) is 54.5 Å². The molecule has 1 amide bonds. The van der Waals surface area contributed by atoms with Crippen LogP contribution in [0, 0.1) is 0 Å². The number of rotatable bonds is 3. The molecule has 0 spiro atoms. The molecular formula is C17H18N2O3S2. The van der Waals surface area contributed by atoms with Crippen molar-refractivity contribution in [3.63, 3.8) is 0 Å². The monoisotopic (exact) mass is 362 g/mol. The molecule has 0 radical (unpaired) electrons. The molecule has 2 aromatic rings. The van der Waals surface area contributed by atoms with Gasteiger partial charge in [0.1, 0.15) is 0 Å². The van der Waals surface area contributed by atoms with Crippen LogP contribution in [0.5, 0.6) is 0 Å². The van der Waals surface area contributed by atoms with Crippen LogP contribution in [0.4, 0.5) is 5.69 Å². The van der Waals surface area contributed by atoms with E-state index in [2.05, 4.69) is 5.32 Å². The molecule has 1 aromatic heterocycles. The molecule has 7 heteroatoms. The third kappa shape index (κ3) is 2.66. The Labute approximate surface area is 145 Å². The lowest BCUT2D eigenvalue weighted by atomic mass is 10.0. The fraction of sp³-hybridized carbons (Fsp3) is 0.353. The maximum atomic E-state index is 13.1. The zero-order valence-corrected chi connectivity index (χ0v) is 14.7. The third-order valence-corrected chi connectivity index (χ3v) is 7.53. The lowest BCUT2D eigenvalue weighted by Crippen LogP contribution is -2.30. The number of nitrogens with zero attached hydrogens (tertiary/aromatic N) is 1. The van der Waals surface area contributed by atoms with E-state index in [9.17, 15) is 13.2 Å². The first kappa shape index (κ1) is 15.8. The van der Waals surface area contributed by atoms with Crippen LogP contribution in [0.3, 0.4) is 0 Å². The summed E-state index contributed by atoms with van der Waals surface area (Å²) in [5.74, 6) is -0.0181. The van der Waals surface area contributed by atoms with Crippen LogP contribution in [0.25, 0.3) is 0 Å². The number of thiophene rings is 1. The molecule has 1 aromatic carbocycles.